The van der Waals surface area contributed by atoms with Gasteiger partial charge in [-0.3, -0.25) is 0 Å². The molecule has 1 aromatic heterocycles. The first-order valence-corrected chi connectivity index (χ1v) is 2.80. The van der Waals surface area contributed by atoms with Crippen molar-refractivity contribution in [1.29, 1.82) is 0 Å². The molecule has 0 amide bonds. The standard InChI is InChI=1S/C4H6F2N4O/c1-11-2(3(5)6)4-7-9-10-8-4/h2-3H,1H3,(H,7,8,9,10). The predicted molar refractivity (Wildman–Crippen MR) is 29.9 cm³/mol. The summed E-state index contributed by atoms with van der Waals surface area (Å²) >= 11 is 0. The quantitative estimate of drug-likeness (QED) is 0.690. The molecule has 0 fully saturated rings. The molecule has 62 valence electrons. The zero-order chi connectivity index (χ0) is 8.27. The number of H-pyrrole nitrogens is 1. The molecule has 11 heavy (non-hydrogen) atoms. The average molecular weight is 164 g/mol. The van der Waals surface area contributed by atoms with Crippen LogP contribution in [0.4, 0.5) is 8.78 Å². The maximum absolute atomic E-state index is 12.0. The Labute approximate surface area is 60.7 Å². The number of rotatable bonds is 3. The smallest absolute Gasteiger partial charge is 0.271 e. The van der Waals surface area contributed by atoms with Crippen LogP contribution in [0.1, 0.15) is 11.9 Å². The number of halogens is 2. The third kappa shape index (κ3) is 1.67. The number of nitrogens with zero attached hydrogens (tertiary/aromatic N) is 3. The summed E-state index contributed by atoms with van der Waals surface area (Å²) in [6.07, 6.45) is -4.00. The summed E-state index contributed by atoms with van der Waals surface area (Å²) in [5, 5.41) is 11.8. The molecule has 0 aliphatic rings. The molecule has 1 aromatic rings. The summed E-state index contributed by atoms with van der Waals surface area (Å²) < 4.78 is 28.5. The van der Waals surface area contributed by atoms with E-state index in [-0.39, 0.29) is 5.82 Å². The Morgan fingerprint density at radius 3 is 2.64 bits per heavy atom. The molecular formula is C4H6F2N4O. The summed E-state index contributed by atoms with van der Waals surface area (Å²) in [4.78, 5) is 0. The van der Waals surface area contributed by atoms with Gasteiger partial charge in [0.25, 0.3) is 6.43 Å². The monoisotopic (exact) mass is 164 g/mol. The first kappa shape index (κ1) is 7.99. The zero-order valence-corrected chi connectivity index (χ0v) is 5.66. The molecule has 0 aliphatic heterocycles. The van der Waals surface area contributed by atoms with Crippen molar-refractivity contribution >= 4 is 0 Å². The van der Waals surface area contributed by atoms with E-state index in [2.05, 4.69) is 25.4 Å². The van der Waals surface area contributed by atoms with Crippen molar-refractivity contribution in [3.8, 4) is 0 Å². The van der Waals surface area contributed by atoms with E-state index in [0.717, 1.165) is 0 Å². The SMILES string of the molecule is COC(c1nnn[nH]1)C(F)F. The second kappa shape index (κ2) is 3.33. The summed E-state index contributed by atoms with van der Waals surface area (Å²) in [6.45, 7) is 0. The second-order valence-corrected chi connectivity index (χ2v) is 1.78. The molecule has 5 nitrogen and oxygen atoms in total. The summed E-state index contributed by atoms with van der Waals surface area (Å²) in [6, 6.07) is 0. The molecule has 0 saturated carbocycles. The Hall–Kier alpha value is -1.11. The summed E-state index contributed by atoms with van der Waals surface area (Å²) in [5.41, 5.74) is 0. The number of aromatic nitrogens is 4. The minimum atomic E-state index is -2.63. The molecule has 1 heterocycles. The molecule has 0 radical (unpaired) electrons. The molecule has 0 aliphatic carbocycles. The second-order valence-electron chi connectivity index (χ2n) is 1.78. The van der Waals surface area contributed by atoms with Crippen molar-refractivity contribution in [1.82, 2.24) is 20.6 Å². The van der Waals surface area contributed by atoms with Crippen LogP contribution >= 0.6 is 0 Å². The van der Waals surface area contributed by atoms with E-state index in [4.69, 9.17) is 0 Å². The van der Waals surface area contributed by atoms with Gasteiger partial charge in [0.05, 0.1) is 0 Å². The van der Waals surface area contributed by atoms with E-state index in [1.165, 1.54) is 7.11 Å². The Balaban J connectivity index is 2.71. The molecular weight excluding hydrogens is 158 g/mol. The lowest BCUT2D eigenvalue weighted by molar-refractivity contribution is -0.0390. The minimum absolute atomic E-state index is 0.0671. The van der Waals surface area contributed by atoms with Crippen molar-refractivity contribution in [3.05, 3.63) is 5.82 Å². The largest absolute Gasteiger partial charge is 0.367 e. The van der Waals surface area contributed by atoms with Crippen molar-refractivity contribution in [2.45, 2.75) is 12.5 Å². The average Bonchev–Trinajstić information content (AvgIpc) is 2.40. The zero-order valence-electron chi connectivity index (χ0n) is 5.66. The van der Waals surface area contributed by atoms with Crippen LogP contribution in [0.15, 0.2) is 0 Å². The highest BCUT2D eigenvalue weighted by Gasteiger charge is 2.24. The fraction of sp³-hybridized carbons (Fsp3) is 0.750. The first-order chi connectivity index (χ1) is 5.25. The topological polar surface area (TPSA) is 63.7 Å². The van der Waals surface area contributed by atoms with Gasteiger partial charge in [0.15, 0.2) is 11.9 Å². The summed E-state index contributed by atoms with van der Waals surface area (Å²) in [7, 11) is 1.17. The molecule has 0 bridgehead atoms. The Morgan fingerprint density at radius 2 is 2.27 bits per heavy atom. The van der Waals surface area contributed by atoms with Crippen LogP contribution in [-0.4, -0.2) is 34.2 Å². The fourth-order valence-corrected chi connectivity index (χ4v) is 0.621. The van der Waals surface area contributed by atoms with E-state index < -0.39 is 12.5 Å². The first-order valence-electron chi connectivity index (χ1n) is 2.80. The van der Waals surface area contributed by atoms with Crippen molar-refractivity contribution in [2.75, 3.05) is 7.11 Å². The van der Waals surface area contributed by atoms with Gasteiger partial charge >= 0.3 is 0 Å². The molecule has 0 spiro atoms. The number of nitrogens with one attached hydrogen (secondary N) is 1. The van der Waals surface area contributed by atoms with Crippen LogP contribution in [0, 0.1) is 0 Å². The normalized spacial score (nSPS) is 13.8. The van der Waals surface area contributed by atoms with Crippen LogP contribution in [0.2, 0.25) is 0 Å². The van der Waals surface area contributed by atoms with Gasteiger partial charge in [-0.05, 0) is 10.4 Å². The van der Waals surface area contributed by atoms with Crippen LogP contribution in [0.3, 0.4) is 0 Å². The molecule has 1 rings (SSSR count). The predicted octanol–water partition coefficient (Wildman–Crippen LogP) is 0.152. The maximum Gasteiger partial charge on any atom is 0.271 e. The lowest BCUT2D eigenvalue weighted by Gasteiger charge is -2.08. The Morgan fingerprint density at radius 1 is 1.55 bits per heavy atom. The number of hydrogen-bond acceptors (Lipinski definition) is 4. The van der Waals surface area contributed by atoms with Gasteiger partial charge in [0.1, 0.15) is 0 Å². The molecule has 1 unspecified atom stereocenters. The number of aromatic amines is 1. The van der Waals surface area contributed by atoms with Crippen molar-refractivity contribution in [3.63, 3.8) is 0 Å². The van der Waals surface area contributed by atoms with E-state index in [1.54, 1.807) is 0 Å². The highest BCUT2D eigenvalue weighted by molar-refractivity contribution is 4.85. The van der Waals surface area contributed by atoms with Crippen LogP contribution in [-0.2, 0) is 4.74 Å². The molecule has 0 aromatic carbocycles. The Kier molecular flexibility index (Phi) is 2.42. The maximum atomic E-state index is 12.0. The van der Waals surface area contributed by atoms with Gasteiger partial charge in [-0.15, -0.1) is 5.10 Å². The van der Waals surface area contributed by atoms with Gasteiger partial charge in [-0.1, -0.05) is 0 Å². The number of hydrogen-bond donors (Lipinski definition) is 1. The van der Waals surface area contributed by atoms with Crippen LogP contribution < -0.4 is 0 Å². The third-order valence-corrected chi connectivity index (χ3v) is 1.11. The van der Waals surface area contributed by atoms with Gasteiger partial charge in [0, 0.05) is 7.11 Å². The van der Waals surface area contributed by atoms with E-state index in [0.29, 0.717) is 0 Å². The highest BCUT2D eigenvalue weighted by Crippen LogP contribution is 2.18. The van der Waals surface area contributed by atoms with E-state index in [1.807, 2.05) is 0 Å². The molecule has 1 N–H and O–H groups in total. The third-order valence-electron chi connectivity index (χ3n) is 1.11. The van der Waals surface area contributed by atoms with Crippen molar-refractivity contribution < 1.29 is 13.5 Å². The lowest BCUT2D eigenvalue weighted by Crippen LogP contribution is -2.12. The van der Waals surface area contributed by atoms with Gasteiger partial charge in [-0.2, -0.15) is 0 Å². The fourth-order valence-electron chi connectivity index (χ4n) is 0.621. The summed E-state index contributed by atoms with van der Waals surface area (Å²) in [5.74, 6) is -0.0671. The number of tetrazole rings is 1. The van der Waals surface area contributed by atoms with E-state index >= 15 is 0 Å². The van der Waals surface area contributed by atoms with Gasteiger partial charge in [0.2, 0.25) is 0 Å². The number of ether oxygens (including phenoxy) is 1. The number of methoxy groups -OCH3 is 1. The minimum Gasteiger partial charge on any atom is -0.367 e. The molecule has 0 saturated heterocycles. The van der Waals surface area contributed by atoms with Crippen LogP contribution in [0.5, 0.6) is 0 Å². The highest BCUT2D eigenvalue weighted by atomic mass is 19.3. The number of alkyl halides is 2. The lowest BCUT2D eigenvalue weighted by atomic mass is 10.3. The van der Waals surface area contributed by atoms with E-state index in [9.17, 15) is 8.78 Å². The van der Waals surface area contributed by atoms with Crippen molar-refractivity contribution in [2.24, 2.45) is 0 Å². The molecule has 1 atom stereocenters. The van der Waals surface area contributed by atoms with Gasteiger partial charge < -0.3 is 4.74 Å². The molecule has 7 heteroatoms. The van der Waals surface area contributed by atoms with Gasteiger partial charge in [-0.25, -0.2) is 13.9 Å². The van der Waals surface area contributed by atoms with Crippen LogP contribution in [0.25, 0.3) is 0 Å². The Bertz CT molecular complexity index is 202.